The van der Waals surface area contributed by atoms with Crippen LogP contribution in [-0.2, 0) is 6.61 Å². The molecular weight excluding hydrogens is 294 g/mol. The van der Waals surface area contributed by atoms with Gasteiger partial charge in [0.2, 0.25) is 0 Å². The fourth-order valence-electron chi connectivity index (χ4n) is 2.02. The van der Waals surface area contributed by atoms with Crippen LogP contribution in [0.2, 0.25) is 0 Å². The van der Waals surface area contributed by atoms with Gasteiger partial charge in [-0.3, -0.25) is 9.78 Å². The van der Waals surface area contributed by atoms with Crippen molar-refractivity contribution in [3.63, 3.8) is 0 Å². The van der Waals surface area contributed by atoms with Crippen molar-refractivity contribution in [1.29, 1.82) is 0 Å². The fraction of sp³-hybridized carbons (Fsp3) is 0.111. The van der Waals surface area contributed by atoms with E-state index in [0.29, 0.717) is 12.2 Å². The smallest absolute Gasteiger partial charge is 0.161 e. The Balaban J connectivity index is 1.69. The van der Waals surface area contributed by atoms with Gasteiger partial charge in [0.1, 0.15) is 12.4 Å². The monoisotopic (exact) mass is 309 g/mol. The van der Waals surface area contributed by atoms with Gasteiger partial charge in [-0.1, -0.05) is 30.3 Å². The molecule has 3 aromatic rings. The van der Waals surface area contributed by atoms with E-state index in [-0.39, 0.29) is 5.78 Å². The van der Waals surface area contributed by atoms with E-state index in [1.807, 2.05) is 47.8 Å². The molecule has 0 aliphatic carbocycles. The molecule has 4 heteroatoms. The van der Waals surface area contributed by atoms with E-state index >= 15 is 0 Å². The summed E-state index contributed by atoms with van der Waals surface area (Å²) >= 11 is 1.58. The first-order valence-electron chi connectivity index (χ1n) is 6.95. The van der Waals surface area contributed by atoms with Crippen LogP contribution in [-0.4, -0.2) is 10.8 Å². The zero-order valence-electron chi connectivity index (χ0n) is 12.2. The maximum absolute atomic E-state index is 11.3. The van der Waals surface area contributed by atoms with E-state index in [1.54, 1.807) is 23.6 Å². The largest absolute Gasteiger partial charge is 0.488 e. The van der Waals surface area contributed by atoms with Crippen molar-refractivity contribution < 1.29 is 9.53 Å². The Morgan fingerprint density at radius 1 is 1.18 bits per heavy atom. The van der Waals surface area contributed by atoms with Crippen molar-refractivity contribution in [2.24, 2.45) is 0 Å². The zero-order valence-corrected chi connectivity index (χ0v) is 13.0. The highest BCUT2D eigenvalue weighted by Gasteiger charge is 2.06. The van der Waals surface area contributed by atoms with Crippen molar-refractivity contribution in [2.75, 3.05) is 0 Å². The molecule has 0 aliphatic heterocycles. The molecule has 22 heavy (non-hydrogen) atoms. The highest BCUT2D eigenvalue weighted by Crippen LogP contribution is 2.30. The molecule has 0 saturated heterocycles. The Kier molecular flexibility index (Phi) is 4.30. The third-order valence-corrected chi connectivity index (χ3v) is 4.18. The normalized spacial score (nSPS) is 10.4. The van der Waals surface area contributed by atoms with Gasteiger partial charge >= 0.3 is 0 Å². The maximum atomic E-state index is 11.3. The Morgan fingerprint density at radius 2 is 2.00 bits per heavy atom. The number of benzene rings is 1. The molecule has 3 rings (SSSR count). The summed E-state index contributed by atoms with van der Waals surface area (Å²) in [7, 11) is 0. The van der Waals surface area contributed by atoms with E-state index in [4.69, 9.17) is 4.74 Å². The molecule has 0 amide bonds. The quantitative estimate of drug-likeness (QED) is 0.647. The van der Waals surface area contributed by atoms with Gasteiger partial charge in [0.15, 0.2) is 5.78 Å². The lowest BCUT2D eigenvalue weighted by Gasteiger charge is -2.03. The Hall–Kier alpha value is -2.46. The maximum Gasteiger partial charge on any atom is 0.161 e. The van der Waals surface area contributed by atoms with E-state index in [1.165, 1.54) is 6.92 Å². The van der Waals surface area contributed by atoms with Crippen LogP contribution in [0.25, 0.3) is 10.6 Å². The Labute approximate surface area is 133 Å². The fourth-order valence-corrected chi connectivity index (χ4v) is 2.82. The highest BCUT2D eigenvalue weighted by atomic mass is 32.1. The topological polar surface area (TPSA) is 39.2 Å². The van der Waals surface area contributed by atoms with Crippen LogP contribution in [0.5, 0.6) is 5.75 Å². The van der Waals surface area contributed by atoms with Gasteiger partial charge in [-0.15, -0.1) is 11.3 Å². The summed E-state index contributed by atoms with van der Waals surface area (Å²) in [5.74, 6) is 0.860. The number of thiophene rings is 1. The van der Waals surface area contributed by atoms with Crippen LogP contribution in [0.3, 0.4) is 0 Å². The number of pyridine rings is 1. The molecule has 0 bridgehead atoms. The predicted octanol–water partition coefficient (Wildman–Crippen LogP) is 4.59. The lowest BCUT2D eigenvalue weighted by Crippen LogP contribution is -1.93. The summed E-state index contributed by atoms with van der Waals surface area (Å²) in [6, 6.07) is 15.7. The van der Waals surface area contributed by atoms with Crippen LogP contribution >= 0.6 is 11.3 Å². The number of Topliss-reactive ketones (excluding diaryl/α,β-unsaturated/α-hetero) is 1. The number of ketones is 1. The molecule has 0 N–H and O–H groups in total. The number of carbonyl (C=O) groups is 1. The number of aromatic nitrogens is 1. The average Bonchev–Trinajstić information content (AvgIpc) is 3.03. The second-order valence-electron chi connectivity index (χ2n) is 4.91. The predicted molar refractivity (Wildman–Crippen MR) is 88.3 cm³/mol. The number of nitrogens with zero attached hydrogens (tertiary/aromatic N) is 1. The van der Waals surface area contributed by atoms with E-state index in [9.17, 15) is 4.79 Å². The van der Waals surface area contributed by atoms with Gasteiger partial charge in [0.05, 0.1) is 10.6 Å². The number of carbonyl (C=O) groups excluding carboxylic acids is 1. The van der Waals surface area contributed by atoms with Crippen molar-refractivity contribution in [1.82, 2.24) is 4.98 Å². The van der Waals surface area contributed by atoms with Gasteiger partial charge in [-0.25, -0.2) is 0 Å². The molecular formula is C18H15NO2S. The summed E-state index contributed by atoms with van der Waals surface area (Å²) in [5, 5.41) is 1.97. The summed E-state index contributed by atoms with van der Waals surface area (Å²) in [4.78, 5) is 16.6. The lowest BCUT2D eigenvalue weighted by atomic mass is 10.2. The van der Waals surface area contributed by atoms with Gasteiger partial charge in [0.25, 0.3) is 0 Å². The van der Waals surface area contributed by atoms with Gasteiger partial charge in [0, 0.05) is 23.2 Å². The molecule has 110 valence electrons. The summed E-state index contributed by atoms with van der Waals surface area (Å²) in [6.07, 6.45) is 1.61. The van der Waals surface area contributed by atoms with E-state index in [0.717, 1.165) is 21.9 Å². The first-order chi connectivity index (χ1) is 10.7. The third kappa shape index (κ3) is 3.40. The first-order valence-corrected chi connectivity index (χ1v) is 7.83. The molecule has 0 saturated carbocycles. The molecule has 0 atom stereocenters. The van der Waals surface area contributed by atoms with Crippen molar-refractivity contribution in [3.05, 3.63) is 71.2 Å². The molecule has 0 radical (unpaired) electrons. The van der Waals surface area contributed by atoms with Crippen molar-refractivity contribution in [3.8, 4) is 16.3 Å². The number of hydrogen-bond donors (Lipinski definition) is 0. The number of ether oxygens (including phenoxy) is 1. The Bertz CT molecular complexity index is 763. The summed E-state index contributed by atoms with van der Waals surface area (Å²) in [5.41, 5.74) is 2.62. The summed E-state index contributed by atoms with van der Waals surface area (Å²) < 4.78 is 5.78. The van der Waals surface area contributed by atoms with Crippen LogP contribution in [0.4, 0.5) is 0 Å². The van der Waals surface area contributed by atoms with Gasteiger partial charge in [-0.05, 0) is 24.6 Å². The summed E-state index contributed by atoms with van der Waals surface area (Å²) in [6.45, 7) is 2.09. The molecule has 2 heterocycles. The average molecular weight is 309 g/mol. The molecule has 0 aliphatic rings. The number of rotatable bonds is 5. The van der Waals surface area contributed by atoms with Crippen molar-refractivity contribution in [2.45, 2.75) is 13.5 Å². The molecule has 0 spiro atoms. The second kappa shape index (κ2) is 6.54. The second-order valence-corrected chi connectivity index (χ2v) is 5.82. The third-order valence-electron chi connectivity index (χ3n) is 3.25. The molecule has 3 nitrogen and oxygen atoms in total. The molecule has 1 aromatic carbocycles. The minimum Gasteiger partial charge on any atom is -0.488 e. The number of hydrogen-bond acceptors (Lipinski definition) is 4. The van der Waals surface area contributed by atoms with E-state index < -0.39 is 0 Å². The Morgan fingerprint density at radius 3 is 2.68 bits per heavy atom. The van der Waals surface area contributed by atoms with E-state index in [2.05, 4.69) is 4.98 Å². The zero-order chi connectivity index (χ0) is 15.4. The first kappa shape index (κ1) is 14.5. The minimum atomic E-state index is 0.0251. The van der Waals surface area contributed by atoms with Crippen LogP contribution in [0.15, 0.2) is 60.1 Å². The van der Waals surface area contributed by atoms with Crippen LogP contribution < -0.4 is 4.74 Å². The van der Waals surface area contributed by atoms with Crippen molar-refractivity contribution >= 4 is 17.1 Å². The molecule has 0 unspecified atom stereocenters. The van der Waals surface area contributed by atoms with Crippen LogP contribution in [0.1, 0.15) is 22.8 Å². The highest BCUT2D eigenvalue weighted by molar-refractivity contribution is 7.13. The molecule has 0 fully saturated rings. The van der Waals surface area contributed by atoms with Gasteiger partial charge < -0.3 is 4.74 Å². The SMILES string of the molecule is CC(=O)c1ccc(-c2cc(OCc3ccccc3)cs2)nc1. The lowest BCUT2D eigenvalue weighted by molar-refractivity contribution is 0.101. The van der Waals surface area contributed by atoms with Gasteiger partial charge in [-0.2, -0.15) is 0 Å². The van der Waals surface area contributed by atoms with Crippen LogP contribution in [0, 0.1) is 0 Å². The molecule has 2 aromatic heterocycles. The minimum absolute atomic E-state index is 0.0251. The standard InChI is InChI=1S/C18H15NO2S/c1-13(20)15-7-8-17(19-10-15)18-9-16(12-22-18)21-11-14-5-3-2-4-6-14/h2-10,12H,11H2,1H3.